The van der Waals surface area contributed by atoms with E-state index in [-0.39, 0.29) is 11.6 Å². The highest BCUT2D eigenvalue weighted by molar-refractivity contribution is 7.89. The Morgan fingerprint density at radius 3 is 2.61 bits per heavy atom. The van der Waals surface area contributed by atoms with Crippen LogP contribution in [0.25, 0.3) is 0 Å². The Bertz CT molecular complexity index is 537. The van der Waals surface area contributed by atoms with Gasteiger partial charge >= 0.3 is 5.97 Å². The van der Waals surface area contributed by atoms with Crippen LogP contribution >= 0.6 is 0 Å². The summed E-state index contributed by atoms with van der Waals surface area (Å²) in [6.45, 7) is 3.03. The standard InChI is InChI=1S/C10H17N3O4S/c1-4-10(2,9(14)15)7-11-18(16,17)8-5-6-13(3)12-8/h5-6,11H,4,7H2,1-3H3,(H,14,15). The molecule has 1 aromatic heterocycles. The van der Waals surface area contributed by atoms with Crippen molar-refractivity contribution < 1.29 is 18.3 Å². The molecule has 2 N–H and O–H groups in total. The van der Waals surface area contributed by atoms with Gasteiger partial charge in [-0.1, -0.05) is 6.92 Å². The zero-order valence-corrected chi connectivity index (χ0v) is 11.4. The van der Waals surface area contributed by atoms with E-state index in [0.29, 0.717) is 6.42 Å². The van der Waals surface area contributed by atoms with Crippen molar-refractivity contribution in [3.8, 4) is 0 Å². The van der Waals surface area contributed by atoms with E-state index in [0.717, 1.165) is 0 Å². The molecule has 0 spiro atoms. The summed E-state index contributed by atoms with van der Waals surface area (Å²) >= 11 is 0. The van der Waals surface area contributed by atoms with Crippen molar-refractivity contribution in [2.75, 3.05) is 6.54 Å². The molecule has 0 saturated heterocycles. The number of nitrogens with zero attached hydrogens (tertiary/aromatic N) is 2. The van der Waals surface area contributed by atoms with Crippen molar-refractivity contribution in [1.82, 2.24) is 14.5 Å². The lowest BCUT2D eigenvalue weighted by Crippen LogP contribution is -2.40. The van der Waals surface area contributed by atoms with Crippen molar-refractivity contribution in [2.45, 2.75) is 25.3 Å². The number of rotatable bonds is 6. The number of hydrogen-bond acceptors (Lipinski definition) is 4. The number of aliphatic carboxylic acids is 1. The number of sulfonamides is 1. The first-order valence-corrected chi connectivity index (χ1v) is 6.92. The van der Waals surface area contributed by atoms with E-state index in [1.54, 1.807) is 14.0 Å². The molecule has 1 aromatic rings. The highest BCUT2D eigenvalue weighted by atomic mass is 32.2. The lowest BCUT2D eigenvalue weighted by atomic mass is 9.88. The molecular weight excluding hydrogens is 258 g/mol. The molecule has 0 saturated carbocycles. The molecule has 1 rings (SSSR count). The van der Waals surface area contributed by atoms with Crippen LogP contribution in [0.3, 0.4) is 0 Å². The molecule has 18 heavy (non-hydrogen) atoms. The minimum absolute atomic E-state index is 0.117. The number of carboxylic acid groups (broad SMARTS) is 1. The predicted molar refractivity (Wildman–Crippen MR) is 64.4 cm³/mol. The summed E-state index contributed by atoms with van der Waals surface area (Å²) in [7, 11) is -2.16. The van der Waals surface area contributed by atoms with Crippen LogP contribution in [-0.4, -0.2) is 35.8 Å². The van der Waals surface area contributed by atoms with Gasteiger partial charge in [0.25, 0.3) is 10.0 Å². The van der Waals surface area contributed by atoms with Crippen LogP contribution in [0.2, 0.25) is 0 Å². The van der Waals surface area contributed by atoms with Gasteiger partial charge in [0.1, 0.15) is 0 Å². The van der Waals surface area contributed by atoms with E-state index < -0.39 is 21.4 Å². The molecular formula is C10H17N3O4S. The lowest BCUT2D eigenvalue weighted by molar-refractivity contribution is -0.147. The highest BCUT2D eigenvalue weighted by Gasteiger charge is 2.33. The molecule has 0 amide bonds. The number of hydrogen-bond donors (Lipinski definition) is 2. The van der Waals surface area contributed by atoms with Gasteiger partial charge in [-0.2, -0.15) is 5.10 Å². The maximum Gasteiger partial charge on any atom is 0.310 e. The van der Waals surface area contributed by atoms with E-state index >= 15 is 0 Å². The minimum atomic E-state index is -3.76. The van der Waals surface area contributed by atoms with E-state index in [4.69, 9.17) is 5.11 Å². The van der Waals surface area contributed by atoms with Gasteiger partial charge in [-0.15, -0.1) is 0 Å². The van der Waals surface area contributed by atoms with Gasteiger partial charge in [0.15, 0.2) is 5.03 Å². The molecule has 7 nitrogen and oxygen atoms in total. The van der Waals surface area contributed by atoms with Crippen LogP contribution in [0.1, 0.15) is 20.3 Å². The van der Waals surface area contributed by atoms with Crippen molar-refractivity contribution in [1.29, 1.82) is 0 Å². The van der Waals surface area contributed by atoms with Crippen LogP contribution in [0.4, 0.5) is 0 Å². The third-order valence-corrected chi connectivity index (χ3v) is 4.21. The Kier molecular flexibility index (Phi) is 4.12. The van der Waals surface area contributed by atoms with Crippen LogP contribution in [0.15, 0.2) is 17.3 Å². The average Bonchev–Trinajstić information content (AvgIpc) is 2.73. The number of aromatic nitrogens is 2. The van der Waals surface area contributed by atoms with Crippen molar-refractivity contribution in [2.24, 2.45) is 12.5 Å². The Labute approximate surface area is 106 Å². The quantitative estimate of drug-likeness (QED) is 0.772. The summed E-state index contributed by atoms with van der Waals surface area (Å²) in [6.07, 6.45) is 1.83. The fourth-order valence-corrected chi connectivity index (χ4v) is 2.35. The van der Waals surface area contributed by atoms with Crippen molar-refractivity contribution in [3.05, 3.63) is 12.3 Å². The third kappa shape index (κ3) is 3.08. The van der Waals surface area contributed by atoms with E-state index in [1.165, 1.54) is 23.9 Å². The molecule has 1 heterocycles. The average molecular weight is 275 g/mol. The topological polar surface area (TPSA) is 101 Å². The zero-order chi connectivity index (χ0) is 14.0. The van der Waals surface area contributed by atoms with Crippen LogP contribution in [0, 0.1) is 5.41 Å². The number of carbonyl (C=O) groups is 1. The van der Waals surface area contributed by atoms with Crippen molar-refractivity contribution >= 4 is 16.0 Å². The minimum Gasteiger partial charge on any atom is -0.481 e. The van der Waals surface area contributed by atoms with Crippen LogP contribution < -0.4 is 4.72 Å². The van der Waals surface area contributed by atoms with Crippen LogP contribution in [0.5, 0.6) is 0 Å². The van der Waals surface area contributed by atoms with E-state index in [2.05, 4.69) is 9.82 Å². The summed E-state index contributed by atoms with van der Waals surface area (Å²) in [4.78, 5) is 11.1. The molecule has 1 unspecified atom stereocenters. The smallest absolute Gasteiger partial charge is 0.310 e. The number of carboxylic acids is 1. The third-order valence-electron chi connectivity index (χ3n) is 2.91. The Morgan fingerprint density at radius 1 is 1.61 bits per heavy atom. The van der Waals surface area contributed by atoms with Crippen LogP contribution in [-0.2, 0) is 21.9 Å². The normalized spacial score (nSPS) is 15.3. The zero-order valence-electron chi connectivity index (χ0n) is 10.5. The Hall–Kier alpha value is -1.41. The van der Waals surface area contributed by atoms with E-state index in [9.17, 15) is 13.2 Å². The highest BCUT2D eigenvalue weighted by Crippen LogP contribution is 2.20. The fourth-order valence-electron chi connectivity index (χ4n) is 1.22. The summed E-state index contributed by atoms with van der Waals surface area (Å²) in [6, 6.07) is 1.35. The molecule has 0 fully saturated rings. The number of aryl methyl sites for hydroxylation is 1. The first-order chi connectivity index (χ1) is 8.21. The largest absolute Gasteiger partial charge is 0.481 e. The van der Waals surface area contributed by atoms with Gasteiger partial charge in [0.05, 0.1) is 5.41 Å². The first kappa shape index (κ1) is 14.7. The molecule has 0 aliphatic heterocycles. The molecule has 0 aliphatic rings. The molecule has 0 aromatic carbocycles. The summed E-state index contributed by atoms with van der Waals surface area (Å²) in [5, 5.41) is 12.7. The lowest BCUT2D eigenvalue weighted by Gasteiger charge is -2.22. The SMILES string of the molecule is CCC(C)(CNS(=O)(=O)c1ccn(C)n1)C(=O)O. The van der Waals surface area contributed by atoms with Gasteiger partial charge in [0.2, 0.25) is 0 Å². The summed E-state index contributed by atoms with van der Waals surface area (Å²) < 4.78 is 27.3. The first-order valence-electron chi connectivity index (χ1n) is 5.44. The Balaban J connectivity index is 2.83. The van der Waals surface area contributed by atoms with Crippen molar-refractivity contribution in [3.63, 3.8) is 0 Å². The maximum atomic E-state index is 11.9. The monoisotopic (exact) mass is 275 g/mol. The molecule has 8 heteroatoms. The predicted octanol–water partition coefficient (Wildman–Crippen LogP) is 0.199. The van der Waals surface area contributed by atoms with Gasteiger partial charge in [-0.3, -0.25) is 9.48 Å². The van der Waals surface area contributed by atoms with Gasteiger partial charge in [-0.25, -0.2) is 13.1 Å². The molecule has 1 atom stereocenters. The van der Waals surface area contributed by atoms with E-state index in [1.807, 2.05) is 0 Å². The second kappa shape index (κ2) is 5.07. The maximum absolute atomic E-state index is 11.9. The van der Waals surface area contributed by atoms with Gasteiger partial charge < -0.3 is 5.11 Å². The Morgan fingerprint density at radius 2 is 2.22 bits per heavy atom. The second-order valence-electron chi connectivity index (χ2n) is 4.37. The number of nitrogens with one attached hydrogen (secondary N) is 1. The molecule has 0 aliphatic carbocycles. The van der Waals surface area contributed by atoms with Gasteiger partial charge in [0, 0.05) is 19.8 Å². The summed E-state index contributed by atoms with van der Waals surface area (Å²) in [5.74, 6) is -1.03. The molecule has 0 bridgehead atoms. The van der Waals surface area contributed by atoms with Gasteiger partial charge in [-0.05, 0) is 19.4 Å². The second-order valence-corrected chi connectivity index (χ2v) is 6.09. The summed E-state index contributed by atoms with van der Waals surface area (Å²) in [5.41, 5.74) is -1.12. The molecule has 0 radical (unpaired) electrons. The molecule has 102 valence electrons. The fraction of sp³-hybridized carbons (Fsp3) is 0.600.